The van der Waals surface area contributed by atoms with Gasteiger partial charge in [-0.15, -0.1) is 0 Å². The number of ether oxygens (including phenoxy) is 2. The number of rotatable bonds is 2. The third kappa shape index (κ3) is 3.01. The minimum Gasteiger partial charge on any atom is -0.490 e. The van der Waals surface area contributed by atoms with E-state index in [0.29, 0.717) is 23.8 Å². The van der Waals surface area contributed by atoms with E-state index >= 15 is 0 Å². The maximum Gasteiger partial charge on any atom is 0.161 e. The highest BCUT2D eigenvalue weighted by molar-refractivity contribution is 6.32. The van der Waals surface area contributed by atoms with Crippen LogP contribution in [0.25, 0.3) is 0 Å². The highest BCUT2D eigenvalue weighted by Gasteiger charge is 2.29. The topological polar surface area (TPSA) is 45.5 Å². The molecule has 0 bridgehead atoms. The fourth-order valence-corrected chi connectivity index (χ4v) is 3.86. The Morgan fingerprint density at radius 1 is 1.08 bits per heavy atom. The molecule has 25 heavy (non-hydrogen) atoms. The van der Waals surface area contributed by atoms with Gasteiger partial charge in [0.15, 0.2) is 11.5 Å². The minimum atomic E-state index is 0.211. The van der Waals surface area contributed by atoms with Crippen molar-refractivity contribution in [2.75, 3.05) is 24.7 Å². The molecule has 4 rings (SSSR count). The maximum atomic E-state index is 9.51. The molecule has 4 nitrogen and oxygen atoms in total. The molecule has 0 aliphatic carbocycles. The summed E-state index contributed by atoms with van der Waals surface area (Å²) in [5.74, 6) is 1.62. The normalized spacial score (nSPS) is 19.4. The average Bonchev–Trinajstić information content (AvgIpc) is 2.99. The van der Waals surface area contributed by atoms with Crippen LogP contribution in [0.15, 0.2) is 36.4 Å². The van der Waals surface area contributed by atoms with Crippen LogP contribution in [0.4, 0.5) is 5.69 Å². The fourth-order valence-electron chi connectivity index (χ4n) is 3.65. The Kier molecular flexibility index (Phi) is 4.42. The zero-order valence-electron chi connectivity index (χ0n) is 13.9. The van der Waals surface area contributed by atoms with Crippen LogP contribution in [0.2, 0.25) is 5.02 Å². The number of benzene rings is 2. The van der Waals surface area contributed by atoms with Gasteiger partial charge in [0, 0.05) is 13.0 Å². The van der Waals surface area contributed by atoms with Gasteiger partial charge in [0.2, 0.25) is 0 Å². The van der Waals surface area contributed by atoms with Gasteiger partial charge in [0.05, 0.1) is 35.5 Å². The molecule has 0 saturated carbocycles. The highest BCUT2D eigenvalue weighted by Crippen LogP contribution is 2.41. The zero-order valence-corrected chi connectivity index (χ0v) is 14.6. The molecule has 0 aromatic heterocycles. The van der Waals surface area contributed by atoms with E-state index in [-0.39, 0.29) is 6.04 Å². The second-order valence-electron chi connectivity index (χ2n) is 6.35. The third-order valence-corrected chi connectivity index (χ3v) is 5.14. The highest BCUT2D eigenvalue weighted by atomic mass is 35.5. The predicted octanol–water partition coefficient (Wildman–Crippen LogP) is 4.71. The van der Waals surface area contributed by atoms with Crippen molar-refractivity contribution >= 4 is 17.3 Å². The fraction of sp³-hybridized carbons (Fsp3) is 0.350. The first kappa shape index (κ1) is 16.1. The van der Waals surface area contributed by atoms with Gasteiger partial charge in [-0.05, 0) is 42.7 Å². The molecule has 2 heterocycles. The first-order chi connectivity index (χ1) is 12.3. The van der Waals surface area contributed by atoms with Crippen LogP contribution in [0, 0.1) is 11.3 Å². The van der Waals surface area contributed by atoms with E-state index in [1.807, 2.05) is 18.2 Å². The molecule has 1 fully saturated rings. The number of fused-ring (bicyclic) bond motifs is 1. The predicted molar refractivity (Wildman–Crippen MR) is 97.5 cm³/mol. The molecule has 0 unspecified atom stereocenters. The number of nitrogens with zero attached hydrogens (tertiary/aromatic N) is 2. The summed E-state index contributed by atoms with van der Waals surface area (Å²) < 4.78 is 11.6. The molecule has 0 N–H and O–H groups in total. The Balaban J connectivity index is 1.70. The van der Waals surface area contributed by atoms with E-state index in [9.17, 15) is 5.26 Å². The van der Waals surface area contributed by atoms with Crippen molar-refractivity contribution < 1.29 is 9.47 Å². The molecule has 2 aromatic rings. The third-order valence-electron chi connectivity index (χ3n) is 4.82. The van der Waals surface area contributed by atoms with E-state index < -0.39 is 0 Å². The van der Waals surface area contributed by atoms with Gasteiger partial charge in [-0.3, -0.25) is 0 Å². The van der Waals surface area contributed by atoms with Crippen LogP contribution in [-0.2, 0) is 0 Å². The summed E-state index contributed by atoms with van der Waals surface area (Å²) in [5.41, 5.74) is 2.64. The smallest absolute Gasteiger partial charge is 0.161 e. The van der Waals surface area contributed by atoms with Crippen molar-refractivity contribution in [3.05, 3.63) is 52.5 Å². The van der Waals surface area contributed by atoms with E-state index in [2.05, 4.69) is 23.1 Å². The molecule has 5 heteroatoms. The minimum absolute atomic E-state index is 0.211. The van der Waals surface area contributed by atoms with Crippen molar-refractivity contribution in [1.82, 2.24) is 0 Å². The molecular formula is C20H19ClN2O2. The van der Waals surface area contributed by atoms with E-state index in [4.69, 9.17) is 21.1 Å². The monoisotopic (exact) mass is 354 g/mol. The summed E-state index contributed by atoms with van der Waals surface area (Å²) in [4.78, 5) is 2.28. The number of nitriles is 1. The van der Waals surface area contributed by atoms with E-state index in [1.165, 1.54) is 5.56 Å². The van der Waals surface area contributed by atoms with Crippen LogP contribution >= 0.6 is 11.6 Å². The molecule has 2 aliphatic heterocycles. The van der Waals surface area contributed by atoms with E-state index in [1.54, 1.807) is 6.07 Å². The molecule has 1 saturated heterocycles. The number of halogens is 1. The largest absolute Gasteiger partial charge is 0.490 e. The van der Waals surface area contributed by atoms with Crippen molar-refractivity contribution in [3.8, 4) is 17.6 Å². The lowest BCUT2D eigenvalue weighted by atomic mass is 10.0. The van der Waals surface area contributed by atoms with Gasteiger partial charge >= 0.3 is 0 Å². The molecule has 0 amide bonds. The number of anilines is 1. The Hall–Kier alpha value is -2.38. The van der Waals surface area contributed by atoms with Crippen LogP contribution < -0.4 is 14.4 Å². The van der Waals surface area contributed by atoms with Gasteiger partial charge in [-0.1, -0.05) is 23.7 Å². The summed E-state index contributed by atoms with van der Waals surface area (Å²) in [6.07, 6.45) is 3.02. The lowest BCUT2D eigenvalue weighted by Gasteiger charge is -2.28. The van der Waals surface area contributed by atoms with Crippen molar-refractivity contribution in [2.45, 2.75) is 25.3 Å². The quantitative estimate of drug-likeness (QED) is 0.783. The summed E-state index contributed by atoms with van der Waals surface area (Å²) in [7, 11) is 0. The molecule has 0 radical (unpaired) electrons. The second kappa shape index (κ2) is 6.85. The first-order valence-corrected chi connectivity index (χ1v) is 9.00. The van der Waals surface area contributed by atoms with Crippen LogP contribution in [-0.4, -0.2) is 19.8 Å². The summed E-state index contributed by atoms with van der Waals surface area (Å²) >= 11 is 6.23. The summed E-state index contributed by atoms with van der Waals surface area (Å²) in [5, 5.41) is 10.0. The molecule has 0 spiro atoms. The SMILES string of the molecule is N#Cc1c(Cl)cccc1N1CCC[C@@H]1c1ccc2c(c1)OCCCO2. The molecular weight excluding hydrogens is 336 g/mol. The Morgan fingerprint density at radius 3 is 2.76 bits per heavy atom. The van der Waals surface area contributed by atoms with Crippen LogP contribution in [0.1, 0.15) is 36.4 Å². The first-order valence-electron chi connectivity index (χ1n) is 8.63. The summed E-state index contributed by atoms with van der Waals surface area (Å²) in [6.45, 7) is 2.28. The standard InChI is InChI=1S/C20H19ClN2O2/c21-16-4-1-5-18(15(16)13-22)23-9-2-6-17(23)14-7-8-19-20(12-14)25-11-3-10-24-19/h1,4-5,7-8,12,17H,2-3,6,9-11H2/t17-/m1/s1. The lowest BCUT2D eigenvalue weighted by Crippen LogP contribution is -2.23. The van der Waals surface area contributed by atoms with E-state index in [0.717, 1.165) is 43.0 Å². The number of hydrogen-bond donors (Lipinski definition) is 0. The van der Waals surface area contributed by atoms with Crippen LogP contribution in [0.3, 0.4) is 0 Å². The molecule has 1 atom stereocenters. The van der Waals surface area contributed by atoms with Gasteiger partial charge in [-0.2, -0.15) is 5.26 Å². The van der Waals surface area contributed by atoms with Crippen molar-refractivity contribution in [3.63, 3.8) is 0 Å². The Morgan fingerprint density at radius 2 is 1.92 bits per heavy atom. The lowest BCUT2D eigenvalue weighted by molar-refractivity contribution is 0.297. The number of hydrogen-bond acceptors (Lipinski definition) is 4. The molecule has 128 valence electrons. The van der Waals surface area contributed by atoms with Gasteiger partial charge < -0.3 is 14.4 Å². The molecule has 2 aliphatic rings. The van der Waals surface area contributed by atoms with Crippen LogP contribution in [0.5, 0.6) is 11.5 Å². The Bertz CT molecular complexity index is 831. The summed E-state index contributed by atoms with van der Waals surface area (Å²) in [6, 6.07) is 14.3. The second-order valence-corrected chi connectivity index (χ2v) is 6.76. The van der Waals surface area contributed by atoms with Gasteiger partial charge in [-0.25, -0.2) is 0 Å². The zero-order chi connectivity index (χ0) is 17.2. The Labute approximate surface area is 152 Å². The average molecular weight is 355 g/mol. The van der Waals surface area contributed by atoms with Crippen molar-refractivity contribution in [2.24, 2.45) is 0 Å². The molecule has 2 aromatic carbocycles. The maximum absolute atomic E-state index is 9.51. The van der Waals surface area contributed by atoms with Gasteiger partial charge in [0.1, 0.15) is 6.07 Å². The van der Waals surface area contributed by atoms with Crippen molar-refractivity contribution in [1.29, 1.82) is 5.26 Å². The van der Waals surface area contributed by atoms with Gasteiger partial charge in [0.25, 0.3) is 0 Å².